The predicted octanol–water partition coefficient (Wildman–Crippen LogP) is 1.83. The molecule has 0 radical (unpaired) electrons. The van der Waals surface area contributed by atoms with Crippen LogP contribution in [0.1, 0.15) is 33.9 Å². The van der Waals surface area contributed by atoms with Crippen LogP contribution in [-0.2, 0) is 6.54 Å². The van der Waals surface area contributed by atoms with Crippen molar-refractivity contribution in [2.45, 2.75) is 25.8 Å². The van der Waals surface area contributed by atoms with Gasteiger partial charge in [-0.05, 0) is 25.9 Å². The van der Waals surface area contributed by atoms with Crippen LogP contribution in [-0.4, -0.2) is 34.0 Å². The highest BCUT2D eigenvalue weighted by Gasteiger charge is 2.14. The van der Waals surface area contributed by atoms with Gasteiger partial charge < -0.3 is 5.11 Å². The zero-order chi connectivity index (χ0) is 10.7. The second-order valence-corrected chi connectivity index (χ2v) is 4.89. The van der Waals surface area contributed by atoms with E-state index in [-0.39, 0.29) is 5.01 Å². The molecule has 0 amide bonds. The number of likely N-dealkylation sites (tertiary alicyclic amines) is 1. The van der Waals surface area contributed by atoms with Gasteiger partial charge in [-0.25, -0.2) is 9.78 Å². The van der Waals surface area contributed by atoms with Crippen LogP contribution in [0.15, 0.2) is 6.20 Å². The van der Waals surface area contributed by atoms with Crippen molar-refractivity contribution < 1.29 is 9.90 Å². The largest absolute Gasteiger partial charge is 0.476 e. The lowest BCUT2D eigenvalue weighted by Crippen LogP contribution is -2.28. The lowest BCUT2D eigenvalue weighted by Gasteiger charge is -2.25. The van der Waals surface area contributed by atoms with Crippen LogP contribution < -0.4 is 0 Å². The Morgan fingerprint density at radius 2 is 2.20 bits per heavy atom. The van der Waals surface area contributed by atoms with Gasteiger partial charge in [0, 0.05) is 17.6 Å². The first kappa shape index (κ1) is 10.6. The second kappa shape index (κ2) is 4.72. The molecule has 2 rings (SSSR count). The van der Waals surface area contributed by atoms with Crippen molar-refractivity contribution in [2.24, 2.45) is 0 Å². The Bertz CT molecular complexity index is 345. The molecule has 0 atom stereocenters. The van der Waals surface area contributed by atoms with E-state index < -0.39 is 5.97 Å². The van der Waals surface area contributed by atoms with Crippen LogP contribution in [0.2, 0.25) is 0 Å². The van der Waals surface area contributed by atoms with Crippen LogP contribution >= 0.6 is 11.3 Å². The highest BCUT2D eigenvalue weighted by molar-refractivity contribution is 7.13. The molecule has 0 aliphatic carbocycles. The van der Waals surface area contributed by atoms with E-state index in [4.69, 9.17) is 5.11 Å². The first-order valence-electron chi connectivity index (χ1n) is 5.16. The van der Waals surface area contributed by atoms with Gasteiger partial charge in [-0.1, -0.05) is 6.42 Å². The average molecular weight is 226 g/mol. The lowest BCUT2D eigenvalue weighted by molar-refractivity contribution is 0.0696. The topological polar surface area (TPSA) is 53.4 Å². The fourth-order valence-electron chi connectivity index (χ4n) is 1.82. The average Bonchev–Trinajstić information content (AvgIpc) is 2.68. The molecular formula is C10H14N2O2S. The number of carboxylic acid groups (broad SMARTS) is 1. The molecule has 1 fully saturated rings. The summed E-state index contributed by atoms with van der Waals surface area (Å²) in [4.78, 5) is 17.9. The number of hydrogen-bond acceptors (Lipinski definition) is 4. The van der Waals surface area contributed by atoms with Crippen LogP contribution in [0.3, 0.4) is 0 Å². The molecule has 1 aliphatic heterocycles. The number of aromatic nitrogens is 1. The molecule has 0 unspecified atom stereocenters. The Hall–Kier alpha value is -0.940. The standard InChI is InChI=1S/C10H14N2O2S/c13-10(14)9-11-6-8(15-9)7-12-4-2-1-3-5-12/h6H,1-5,7H2,(H,13,14). The number of carbonyl (C=O) groups is 1. The van der Waals surface area contributed by atoms with Crippen molar-refractivity contribution in [2.75, 3.05) is 13.1 Å². The van der Waals surface area contributed by atoms with E-state index in [0.717, 1.165) is 24.5 Å². The Morgan fingerprint density at radius 3 is 2.80 bits per heavy atom. The van der Waals surface area contributed by atoms with Crippen LogP contribution in [0.4, 0.5) is 0 Å². The number of thiazole rings is 1. The van der Waals surface area contributed by atoms with Crippen LogP contribution in [0, 0.1) is 0 Å². The Kier molecular flexibility index (Phi) is 3.33. The Balaban J connectivity index is 1.94. The summed E-state index contributed by atoms with van der Waals surface area (Å²) in [5, 5.41) is 8.93. The van der Waals surface area contributed by atoms with Crippen molar-refractivity contribution in [3.05, 3.63) is 16.1 Å². The molecule has 0 saturated carbocycles. The molecule has 4 nitrogen and oxygen atoms in total. The summed E-state index contributed by atoms with van der Waals surface area (Å²) in [6.45, 7) is 3.10. The van der Waals surface area contributed by atoms with E-state index in [1.54, 1.807) is 6.20 Å². The highest BCUT2D eigenvalue weighted by Crippen LogP contribution is 2.18. The third-order valence-corrected chi connectivity index (χ3v) is 3.53. The molecule has 1 N–H and O–H groups in total. The molecule has 1 aromatic heterocycles. The monoisotopic (exact) mass is 226 g/mol. The number of rotatable bonds is 3. The van der Waals surface area contributed by atoms with Gasteiger partial charge in [0.15, 0.2) is 0 Å². The van der Waals surface area contributed by atoms with Crippen molar-refractivity contribution in [1.29, 1.82) is 0 Å². The molecule has 5 heteroatoms. The molecule has 0 aromatic carbocycles. The minimum atomic E-state index is -0.926. The molecule has 15 heavy (non-hydrogen) atoms. The Labute approximate surface area is 92.6 Å². The maximum absolute atomic E-state index is 10.6. The van der Waals surface area contributed by atoms with Gasteiger partial charge in [0.05, 0.1) is 0 Å². The molecule has 0 bridgehead atoms. The molecular weight excluding hydrogens is 212 g/mol. The number of piperidine rings is 1. The number of aromatic carboxylic acids is 1. The van der Waals surface area contributed by atoms with Crippen molar-refractivity contribution in [3.63, 3.8) is 0 Å². The Morgan fingerprint density at radius 1 is 1.47 bits per heavy atom. The first-order chi connectivity index (χ1) is 7.25. The molecule has 1 saturated heterocycles. The van der Waals surface area contributed by atoms with Gasteiger partial charge in [0.25, 0.3) is 0 Å². The lowest BCUT2D eigenvalue weighted by atomic mass is 10.1. The summed E-state index contributed by atoms with van der Waals surface area (Å²) >= 11 is 1.28. The van der Waals surface area contributed by atoms with E-state index in [1.165, 1.54) is 30.6 Å². The minimum Gasteiger partial charge on any atom is -0.476 e. The summed E-state index contributed by atoms with van der Waals surface area (Å²) in [7, 11) is 0. The normalized spacial score (nSPS) is 17.9. The first-order valence-corrected chi connectivity index (χ1v) is 5.98. The summed E-state index contributed by atoms with van der Waals surface area (Å²) in [6.07, 6.45) is 5.51. The van der Waals surface area contributed by atoms with Gasteiger partial charge in [0.2, 0.25) is 5.01 Å². The second-order valence-electron chi connectivity index (χ2n) is 3.77. The van der Waals surface area contributed by atoms with Gasteiger partial charge in [0.1, 0.15) is 0 Å². The fourth-order valence-corrected chi connectivity index (χ4v) is 2.61. The molecule has 1 aliphatic rings. The quantitative estimate of drug-likeness (QED) is 0.854. The maximum Gasteiger partial charge on any atom is 0.365 e. The highest BCUT2D eigenvalue weighted by atomic mass is 32.1. The zero-order valence-electron chi connectivity index (χ0n) is 8.48. The molecule has 82 valence electrons. The molecule has 0 spiro atoms. The third kappa shape index (κ3) is 2.76. The minimum absolute atomic E-state index is 0.196. The summed E-state index contributed by atoms with van der Waals surface area (Å²) in [5.74, 6) is -0.926. The number of hydrogen-bond donors (Lipinski definition) is 1. The van der Waals surface area contributed by atoms with Crippen molar-refractivity contribution in [1.82, 2.24) is 9.88 Å². The van der Waals surface area contributed by atoms with Gasteiger partial charge >= 0.3 is 5.97 Å². The van der Waals surface area contributed by atoms with Crippen molar-refractivity contribution in [3.8, 4) is 0 Å². The maximum atomic E-state index is 10.6. The van der Waals surface area contributed by atoms with E-state index >= 15 is 0 Å². The zero-order valence-corrected chi connectivity index (χ0v) is 9.29. The van der Waals surface area contributed by atoms with Crippen LogP contribution in [0.25, 0.3) is 0 Å². The van der Waals surface area contributed by atoms with E-state index in [0.29, 0.717) is 0 Å². The summed E-state index contributed by atoms with van der Waals surface area (Å²) in [5.41, 5.74) is 0. The third-order valence-electron chi connectivity index (χ3n) is 2.56. The summed E-state index contributed by atoms with van der Waals surface area (Å²) in [6, 6.07) is 0. The van der Waals surface area contributed by atoms with Crippen LogP contribution in [0.5, 0.6) is 0 Å². The predicted molar refractivity (Wildman–Crippen MR) is 58.2 cm³/mol. The molecule has 2 heterocycles. The fraction of sp³-hybridized carbons (Fsp3) is 0.600. The smallest absolute Gasteiger partial charge is 0.365 e. The van der Waals surface area contributed by atoms with E-state index in [2.05, 4.69) is 9.88 Å². The summed E-state index contributed by atoms with van der Waals surface area (Å²) < 4.78 is 0. The SMILES string of the molecule is O=C(O)c1ncc(CN2CCCCC2)s1. The van der Waals surface area contributed by atoms with Crippen molar-refractivity contribution >= 4 is 17.3 Å². The number of nitrogens with zero attached hydrogens (tertiary/aromatic N) is 2. The molecule has 1 aromatic rings. The van der Waals surface area contributed by atoms with E-state index in [1.807, 2.05) is 0 Å². The van der Waals surface area contributed by atoms with Gasteiger partial charge in [-0.3, -0.25) is 4.90 Å². The van der Waals surface area contributed by atoms with E-state index in [9.17, 15) is 4.79 Å². The number of carboxylic acids is 1. The van der Waals surface area contributed by atoms with Gasteiger partial charge in [-0.15, -0.1) is 11.3 Å². The van der Waals surface area contributed by atoms with Gasteiger partial charge in [-0.2, -0.15) is 0 Å².